The van der Waals surface area contributed by atoms with Crippen molar-refractivity contribution in [3.8, 4) is 5.75 Å². The molecule has 94 valence electrons. The van der Waals surface area contributed by atoms with Gasteiger partial charge < -0.3 is 10.1 Å². The van der Waals surface area contributed by atoms with Crippen LogP contribution >= 0.6 is 0 Å². The highest BCUT2D eigenvalue weighted by atomic mass is 16.5. The Morgan fingerprint density at radius 1 is 1.41 bits per heavy atom. The van der Waals surface area contributed by atoms with Gasteiger partial charge in [-0.25, -0.2) is 0 Å². The summed E-state index contributed by atoms with van der Waals surface area (Å²) >= 11 is 0. The lowest BCUT2D eigenvalue weighted by molar-refractivity contribution is 0.204. The summed E-state index contributed by atoms with van der Waals surface area (Å²) in [4.78, 5) is 4.04. The lowest BCUT2D eigenvalue weighted by atomic mass is 9.95. The van der Waals surface area contributed by atoms with E-state index in [2.05, 4.69) is 17.2 Å². The summed E-state index contributed by atoms with van der Waals surface area (Å²) in [6.45, 7) is 3.02. The van der Waals surface area contributed by atoms with Gasteiger partial charge in [0.05, 0.1) is 6.20 Å². The minimum absolute atomic E-state index is 0.195. The van der Waals surface area contributed by atoms with Gasteiger partial charge in [0.1, 0.15) is 11.9 Å². The third kappa shape index (κ3) is 4.35. The summed E-state index contributed by atoms with van der Waals surface area (Å²) in [5.74, 6) is 0.852. The van der Waals surface area contributed by atoms with E-state index in [4.69, 9.17) is 4.74 Å². The van der Waals surface area contributed by atoms with Crippen molar-refractivity contribution in [1.82, 2.24) is 10.3 Å². The molecule has 0 spiro atoms. The first-order chi connectivity index (χ1) is 8.34. The fraction of sp³-hybridized carbons (Fsp3) is 0.643. The Labute approximate surface area is 104 Å². The van der Waals surface area contributed by atoms with E-state index in [1.807, 2.05) is 12.1 Å². The molecular formula is C14H22N2O. The van der Waals surface area contributed by atoms with Crippen molar-refractivity contribution in [2.24, 2.45) is 0 Å². The molecular weight excluding hydrogens is 212 g/mol. The zero-order chi connectivity index (χ0) is 11.9. The average molecular weight is 234 g/mol. The molecule has 1 heterocycles. The fourth-order valence-corrected chi connectivity index (χ4v) is 2.33. The number of nitrogens with zero attached hydrogens (tertiary/aromatic N) is 1. The van der Waals surface area contributed by atoms with Crippen molar-refractivity contribution < 1.29 is 4.74 Å². The number of nitrogens with one attached hydrogen (secondary N) is 1. The van der Waals surface area contributed by atoms with Crippen molar-refractivity contribution >= 4 is 0 Å². The Hall–Kier alpha value is -1.09. The Kier molecular flexibility index (Phi) is 4.80. The summed E-state index contributed by atoms with van der Waals surface area (Å²) in [5.41, 5.74) is 0. The van der Waals surface area contributed by atoms with E-state index in [9.17, 15) is 0 Å². The van der Waals surface area contributed by atoms with Gasteiger partial charge in [0, 0.05) is 18.8 Å². The van der Waals surface area contributed by atoms with Gasteiger partial charge in [-0.1, -0.05) is 19.3 Å². The second kappa shape index (κ2) is 6.60. The maximum atomic E-state index is 5.78. The zero-order valence-electron chi connectivity index (χ0n) is 10.6. The smallest absolute Gasteiger partial charge is 0.138 e. The predicted molar refractivity (Wildman–Crippen MR) is 69.2 cm³/mol. The second-order valence-electron chi connectivity index (χ2n) is 4.86. The van der Waals surface area contributed by atoms with Crippen molar-refractivity contribution in [2.45, 2.75) is 51.2 Å². The molecule has 0 aliphatic heterocycles. The first-order valence-corrected chi connectivity index (χ1v) is 6.64. The summed E-state index contributed by atoms with van der Waals surface area (Å²) in [7, 11) is 0. The molecule has 3 nitrogen and oxygen atoms in total. The topological polar surface area (TPSA) is 34.1 Å². The lowest BCUT2D eigenvalue weighted by Gasteiger charge is -2.24. The molecule has 0 saturated heterocycles. The normalized spacial score (nSPS) is 18.9. The first kappa shape index (κ1) is 12.4. The number of aromatic nitrogens is 1. The molecule has 1 atom stereocenters. The van der Waals surface area contributed by atoms with Gasteiger partial charge in [0.2, 0.25) is 0 Å². The SMILES string of the molecule is CC(CNC1CCCCC1)Oc1cccnc1. The molecule has 1 aliphatic carbocycles. The molecule has 0 aromatic carbocycles. The standard InChI is InChI=1S/C14H22N2O/c1-12(17-14-8-5-9-15-11-14)10-16-13-6-3-2-4-7-13/h5,8-9,11-13,16H,2-4,6-7,10H2,1H3. The van der Waals surface area contributed by atoms with E-state index in [1.54, 1.807) is 12.4 Å². The third-order valence-electron chi connectivity index (χ3n) is 3.27. The number of hydrogen-bond donors (Lipinski definition) is 1. The minimum Gasteiger partial charge on any atom is -0.488 e. The van der Waals surface area contributed by atoms with Crippen LogP contribution in [0.15, 0.2) is 24.5 Å². The number of ether oxygens (including phenoxy) is 1. The molecule has 0 bridgehead atoms. The summed E-state index contributed by atoms with van der Waals surface area (Å²) in [5, 5.41) is 3.60. The lowest BCUT2D eigenvalue weighted by Crippen LogP contribution is -2.37. The van der Waals surface area contributed by atoms with Crippen LogP contribution in [0.2, 0.25) is 0 Å². The Balaban J connectivity index is 1.68. The van der Waals surface area contributed by atoms with Gasteiger partial charge >= 0.3 is 0 Å². The van der Waals surface area contributed by atoms with Crippen LogP contribution in [0.25, 0.3) is 0 Å². The van der Waals surface area contributed by atoms with Gasteiger partial charge in [-0.3, -0.25) is 4.98 Å². The maximum absolute atomic E-state index is 5.78. The van der Waals surface area contributed by atoms with E-state index in [0.29, 0.717) is 6.04 Å². The van der Waals surface area contributed by atoms with Crippen LogP contribution in [-0.2, 0) is 0 Å². The maximum Gasteiger partial charge on any atom is 0.138 e. The van der Waals surface area contributed by atoms with Gasteiger partial charge in [0.25, 0.3) is 0 Å². The Morgan fingerprint density at radius 3 is 2.94 bits per heavy atom. The van der Waals surface area contributed by atoms with E-state index in [0.717, 1.165) is 12.3 Å². The van der Waals surface area contributed by atoms with Crippen LogP contribution in [0.3, 0.4) is 0 Å². The van der Waals surface area contributed by atoms with Gasteiger partial charge in [-0.2, -0.15) is 0 Å². The highest BCUT2D eigenvalue weighted by molar-refractivity contribution is 5.15. The van der Waals surface area contributed by atoms with Crippen LogP contribution in [0.1, 0.15) is 39.0 Å². The van der Waals surface area contributed by atoms with E-state index in [1.165, 1.54) is 32.1 Å². The summed E-state index contributed by atoms with van der Waals surface area (Å²) in [6, 6.07) is 4.55. The molecule has 17 heavy (non-hydrogen) atoms. The summed E-state index contributed by atoms with van der Waals surface area (Å²) < 4.78 is 5.78. The molecule has 1 saturated carbocycles. The first-order valence-electron chi connectivity index (χ1n) is 6.64. The summed E-state index contributed by atoms with van der Waals surface area (Å²) in [6.07, 6.45) is 10.5. The van der Waals surface area contributed by atoms with Crippen LogP contribution in [-0.4, -0.2) is 23.7 Å². The van der Waals surface area contributed by atoms with Crippen LogP contribution < -0.4 is 10.1 Å². The van der Waals surface area contributed by atoms with E-state index < -0.39 is 0 Å². The van der Waals surface area contributed by atoms with Crippen molar-refractivity contribution in [3.63, 3.8) is 0 Å². The van der Waals surface area contributed by atoms with Crippen LogP contribution in [0.4, 0.5) is 0 Å². The highest BCUT2D eigenvalue weighted by Gasteiger charge is 2.14. The van der Waals surface area contributed by atoms with E-state index in [-0.39, 0.29) is 6.10 Å². The van der Waals surface area contributed by atoms with Gasteiger partial charge in [-0.05, 0) is 31.9 Å². The molecule has 0 amide bonds. The number of rotatable bonds is 5. The largest absolute Gasteiger partial charge is 0.488 e. The molecule has 0 radical (unpaired) electrons. The second-order valence-corrected chi connectivity index (χ2v) is 4.86. The van der Waals surface area contributed by atoms with Crippen molar-refractivity contribution in [2.75, 3.05) is 6.54 Å². The van der Waals surface area contributed by atoms with E-state index >= 15 is 0 Å². The fourth-order valence-electron chi connectivity index (χ4n) is 2.33. The van der Waals surface area contributed by atoms with Crippen molar-refractivity contribution in [1.29, 1.82) is 0 Å². The van der Waals surface area contributed by atoms with Crippen LogP contribution in [0.5, 0.6) is 5.75 Å². The molecule has 1 aromatic rings. The molecule has 1 aliphatic rings. The minimum atomic E-state index is 0.195. The van der Waals surface area contributed by atoms with Crippen LogP contribution in [0, 0.1) is 0 Å². The quantitative estimate of drug-likeness (QED) is 0.850. The third-order valence-corrected chi connectivity index (χ3v) is 3.27. The molecule has 1 N–H and O–H groups in total. The van der Waals surface area contributed by atoms with Gasteiger partial charge in [-0.15, -0.1) is 0 Å². The van der Waals surface area contributed by atoms with Crippen molar-refractivity contribution in [3.05, 3.63) is 24.5 Å². The Bertz CT molecular complexity index is 309. The molecule has 1 unspecified atom stereocenters. The molecule has 2 rings (SSSR count). The number of pyridine rings is 1. The zero-order valence-corrected chi connectivity index (χ0v) is 10.6. The Morgan fingerprint density at radius 2 is 2.24 bits per heavy atom. The molecule has 3 heteroatoms. The van der Waals surface area contributed by atoms with Gasteiger partial charge in [0.15, 0.2) is 0 Å². The monoisotopic (exact) mass is 234 g/mol. The molecule has 1 fully saturated rings. The highest BCUT2D eigenvalue weighted by Crippen LogP contribution is 2.17. The molecule has 1 aromatic heterocycles. The predicted octanol–water partition coefficient (Wildman–Crippen LogP) is 2.77. The average Bonchev–Trinajstić information content (AvgIpc) is 2.39. The number of hydrogen-bond acceptors (Lipinski definition) is 3.